The van der Waals surface area contributed by atoms with Crippen molar-refractivity contribution in [2.24, 2.45) is 5.16 Å². The van der Waals surface area contributed by atoms with Gasteiger partial charge in [-0.15, -0.1) is 0 Å². The van der Waals surface area contributed by atoms with Gasteiger partial charge in [0.25, 0.3) is 0 Å². The van der Waals surface area contributed by atoms with Crippen LogP contribution in [0.25, 0.3) is 6.08 Å². The van der Waals surface area contributed by atoms with Crippen molar-refractivity contribution in [3.8, 4) is 0 Å². The van der Waals surface area contributed by atoms with Gasteiger partial charge in [0.05, 0.1) is 31.9 Å². The largest absolute Gasteiger partial charge is 0.469 e. The summed E-state index contributed by atoms with van der Waals surface area (Å²) in [5, 5.41) is 3.94. The molecule has 10 heteroatoms. The third-order valence-electron chi connectivity index (χ3n) is 4.76. The molecule has 170 valence electrons. The maximum atomic E-state index is 13.1. The summed E-state index contributed by atoms with van der Waals surface area (Å²) in [4.78, 5) is 28.9. The number of benzene rings is 1. The van der Waals surface area contributed by atoms with Crippen LogP contribution in [0.2, 0.25) is 5.02 Å². The van der Waals surface area contributed by atoms with Gasteiger partial charge in [-0.05, 0) is 43.4 Å². The summed E-state index contributed by atoms with van der Waals surface area (Å²) in [5.41, 5.74) is -1.63. The number of carbonyl (C=O) groups is 2. The van der Waals surface area contributed by atoms with Gasteiger partial charge in [0.2, 0.25) is 5.60 Å². The van der Waals surface area contributed by atoms with E-state index in [-0.39, 0.29) is 23.4 Å². The number of allylic oxidation sites excluding steroid dienone is 1. The fourth-order valence-electron chi connectivity index (χ4n) is 3.17. The lowest BCUT2D eigenvalue weighted by Crippen LogP contribution is -2.42. The molecular formula is C21H23ClF3NO5. The molecule has 0 saturated carbocycles. The maximum absolute atomic E-state index is 13.1. The van der Waals surface area contributed by atoms with E-state index in [1.165, 1.54) is 32.4 Å². The molecule has 1 heterocycles. The van der Waals surface area contributed by atoms with E-state index < -0.39 is 29.3 Å². The topological polar surface area (TPSA) is 74.2 Å². The van der Waals surface area contributed by atoms with Gasteiger partial charge in [0.15, 0.2) is 0 Å². The first kappa shape index (κ1) is 24.7. The highest BCUT2D eigenvalue weighted by atomic mass is 35.5. The summed E-state index contributed by atoms with van der Waals surface area (Å²) in [6.45, 7) is 0. The lowest BCUT2D eigenvalue weighted by atomic mass is 9.92. The highest BCUT2D eigenvalue weighted by Crippen LogP contribution is 2.34. The van der Waals surface area contributed by atoms with Gasteiger partial charge in [-0.1, -0.05) is 35.0 Å². The van der Waals surface area contributed by atoms with Crippen molar-refractivity contribution in [3.63, 3.8) is 0 Å². The first-order valence-corrected chi connectivity index (χ1v) is 9.91. The predicted molar refractivity (Wildman–Crippen MR) is 108 cm³/mol. The van der Waals surface area contributed by atoms with Gasteiger partial charge < -0.3 is 14.3 Å². The molecule has 0 amide bonds. The number of ether oxygens (including phenoxy) is 2. The number of carbonyl (C=O) groups excluding carboxylic acids is 2. The summed E-state index contributed by atoms with van der Waals surface area (Å²) in [6.07, 6.45) is 0.845. The minimum atomic E-state index is -4.48. The Morgan fingerprint density at radius 3 is 2.65 bits per heavy atom. The number of alkyl halides is 3. The van der Waals surface area contributed by atoms with Crippen LogP contribution in [0.3, 0.4) is 0 Å². The highest BCUT2D eigenvalue weighted by Gasteiger charge is 2.49. The van der Waals surface area contributed by atoms with Crippen LogP contribution in [0.4, 0.5) is 13.2 Å². The second kappa shape index (κ2) is 10.7. The summed E-state index contributed by atoms with van der Waals surface area (Å²) in [6, 6.07) is 3.65. The van der Waals surface area contributed by atoms with Crippen LogP contribution in [-0.4, -0.2) is 37.5 Å². The number of rotatable bonds is 9. The second-order valence-electron chi connectivity index (χ2n) is 7.04. The van der Waals surface area contributed by atoms with Gasteiger partial charge in [-0.25, -0.2) is 4.79 Å². The van der Waals surface area contributed by atoms with Crippen molar-refractivity contribution in [1.82, 2.24) is 0 Å². The standard InChI is InChI=1S/C21H23ClF3NO5/c1-29-18(27)13-20(19(28)30-2)12-16(26-31-20)8-6-4-3-5-7-14-9-10-15(22)11-17(14)21(23,24)25/h5,7,9-11H,3-4,6,8,12-13H2,1-2H3/b7-5+. The lowest BCUT2D eigenvalue weighted by Gasteiger charge is -2.22. The molecule has 0 radical (unpaired) electrons. The smallest absolute Gasteiger partial charge is 0.417 e. The van der Waals surface area contributed by atoms with E-state index in [2.05, 4.69) is 9.89 Å². The SMILES string of the molecule is COC(=O)CC1(C(=O)OC)CC(CCCC/C=C/c2ccc(Cl)cc2C(F)(F)F)=NO1. The second-order valence-corrected chi connectivity index (χ2v) is 7.48. The van der Waals surface area contributed by atoms with E-state index in [0.717, 1.165) is 6.07 Å². The average Bonchev–Trinajstić information content (AvgIpc) is 3.13. The Morgan fingerprint density at radius 1 is 1.26 bits per heavy atom. The quantitative estimate of drug-likeness (QED) is 0.374. The van der Waals surface area contributed by atoms with Crippen LogP contribution in [0, 0.1) is 0 Å². The summed E-state index contributed by atoms with van der Waals surface area (Å²) in [5.74, 6) is -1.32. The zero-order valence-corrected chi connectivity index (χ0v) is 17.9. The number of halogens is 4. The Morgan fingerprint density at radius 2 is 2.00 bits per heavy atom. The Hall–Kier alpha value is -2.55. The minimum absolute atomic E-state index is 0.0271. The first-order chi connectivity index (χ1) is 14.6. The van der Waals surface area contributed by atoms with Gasteiger partial charge in [-0.3, -0.25) is 4.79 Å². The molecule has 0 spiro atoms. The number of methoxy groups -OCH3 is 2. The lowest BCUT2D eigenvalue weighted by molar-refractivity contribution is -0.173. The molecule has 1 unspecified atom stereocenters. The van der Waals surface area contributed by atoms with Crippen LogP contribution in [0.5, 0.6) is 0 Å². The number of unbranched alkanes of at least 4 members (excludes halogenated alkanes) is 2. The van der Waals surface area contributed by atoms with E-state index in [9.17, 15) is 22.8 Å². The minimum Gasteiger partial charge on any atom is -0.469 e. The molecule has 1 aromatic rings. The normalized spacial score (nSPS) is 18.6. The summed E-state index contributed by atoms with van der Waals surface area (Å²) >= 11 is 5.67. The van der Waals surface area contributed by atoms with Gasteiger partial charge in [-0.2, -0.15) is 13.2 Å². The number of hydrogen-bond acceptors (Lipinski definition) is 6. The molecule has 6 nitrogen and oxygen atoms in total. The first-order valence-electron chi connectivity index (χ1n) is 9.54. The molecule has 0 N–H and O–H groups in total. The van der Waals surface area contributed by atoms with Gasteiger partial charge in [0, 0.05) is 11.4 Å². The summed E-state index contributed by atoms with van der Waals surface area (Å²) < 4.78 is 48.6. The fraction of sp³-hybridized carbons (Fsp3) is 0.476. The van der Waals surface area contributed by atoms with E-state index in [1.54, 1.807) is 6.08 Å². The zero-order valence-electron chi connectivity index (χ0n) is 17.1. The number of oxime groups is 1. The van der Waals surface area contributed by atoms with Crippen LogP contribution in [0.15, 0.2) is 29.4 Å². The number of nitrogens with zero attached hydrogens (tertiary/aromatic N) is 1. The highest BCUT2D eigenvalue weighted by molar-refractivity contribution is 6.30. The van der Waals surface area contributed by atoms with Crippen molar-refractivity contribution < 1.29 is 37.1 Å². The van der Waals surface area contributed by atoms with E-state index in [1.807, 2.05) is 0 Å². The maximum Gasteiger partial charge on any atom is 0.417 e. The van der Waals surface area contributed by atoms with E-state index in [4.69, 9.17) is 21.2 Å². The molecule has 1 aromatic carbocycles. The van der Waals surface area contributed by atoms with Crippen molar-refractivity contribution in [1.29, 1.82) is 0 Å². The van der Waals surface area contributed by atoms with E-state index in [0.29, 0.717) is 31.4 Å². The van der Waals surface area contributed by atoms with Crippen molar-refractivity contribution in [2.45, 2.75) is 50.3 Å². The third kappa shape index (κ3) is 6.72. The third-order valence-corrected chi connectivity index (χ3v) is 4.99. The van der Waals surface area contributed by atoms with Crippen molar-refractivity contribution in [2.75, 3.05) is 14.2 Å². The summed E-state index contributed by atoms with van der Waals surface area (Å²) in [7, 11) is 2.40. The molecule has 0 saturated heterocycles. The molecule has 1 aliphatic heterocycles. The fourth-order valence-corrected chi connectivity index (χ4v) is 3.34. The Labute approximate surface area is 183 Å². The molecule has 0 bridgehead atoms. The average molecular weight is 462 g/mol. The molecule has 2 rings (SSSR count). The number of hydrogen-bond donors (Lipinski definition) is 0. The van der Waals surface area contributed by atoms with Crippen LogP contribution < -0.4 is 0 Å². The monoisotopic (exact) mass is 461 g/mol. The van der Waals surface area contributed by atoms with Gasteiger partial charge in [0.1, 0.15) is 0 Å². The Kier molecular flexibility index (Phi) is 8.50. The number of esters is 2. The molecule has 0 aliphatic carbocycles. The Bertz CT molecular complexity index is 869. The molecular weight excluding hydrogens is 439 g/mol. The van der Waals surface area contributed by atoms with E-state index >= 15 is 0 Å². The molecule has 0 aromatic heterocycles. The molecule has 1 atom stereocenters. The van der Waals surface area contributed by atoms with Crippen LogP contribution in [0.1, 0.15) is 49.7 Å². The Balaban J connectivity index is 1.85. The van der Waals surface area contributed by atoms with Crippen LogP contribution >= 0.6 is 11.6 Å². The molecule has 31 heavy (non-hydrogen) atoms. The van der Waals surface area contributed by atoms with Gasteiger partial charge >= 0.3 is 18.1 Å². The van der Waals surface area contributed by atoms with Crippen LogP contribution in [-0.2, 0) is 30.1 Å². The molecule has 1 aliphatic rings. The van der Waals surface area contributed by atoms with Crippen molar-refractivity contribution in [3.05, 3.63) is 40.4 Å². The predicted octanol–water partition coefficient (Wildman–Crippen LogP) is 5.18. The van der Waals surface area contributed by atoms with Crippen molar-refractivity contribution >= 4 is 35.3 Å². The zero-order chi connectivity index (χ0) is 23.1. The molecule has 0 fully saturated rings.